The van der Waals surface area contributed by atoms with Crippen LogP contribution in [0.3, 0.4) is 0 Å². The van der Waals surface area contributed by atoms with Crippen molar-refractivity contribution in [3.63, 3.8) is 0 Å². The minimum atomic E-state index is 0.0787. The van der Waals surface area contributed by atoms with Crippen LogP contribution in [0.25, 0.3) is 11.0 Å². The van der Waals surface area contributed by atoms with Crippen LogP contribution in [0.5, 0.6) is 11.5 Å². The smallest absolute Gasteiger partial charge is 0.163 e. The molecule has 0 spiro atoms. The van der Waals surface area contributed by atoms with E-state index in [2.05, 4.69) is 32.5 Å². The molecule has 1 aromatic carbocycles. The molecule has 27 heavy (non-hydrogen) atoms. The van der Waals surface area contributed by atoms with Crippen molar-refractivity contribution >= 4 is 16.9 Å². The highest BCUT2D eigenvalue weighted by Gasteiger charge is 2.36. The van der Waals surface area contributed by atoms with Gasteiger partial charge in [-0.15, -0.1) is 0 Å². The van der Waals surface area contributed by atoms with Gasteiger partial charge in [0.1, 0.15) is 25.4 Å². The zero-order chi connectivity index (χ0) is 18.3. The number of aryl methyl sites for hydroxylation is 1. The van der Waals surface area contributed by atoms with Crippen LogP contribution in [0.4, 0.5) is 5.82 Å². The number of hydrogen-bond donors (Lipinski definition) is 1. The Labute approximate surface area is 157 Å². The van der Waals surface area contributed by atoms with Gasteiger partial charge in [-0.3, -0.25) is 4.68 Å². The van der Waals surface area contributed by atoms with Crippen molar-refractivity contribution in [1.82, 2.24) is 19.7 Å². The third kappa shape index (κ3) is 2.78. The highest BCUT2D eigenvalue weighted by molar-refractivity contribution is 5.86. The number of anilines is 1. The Morgan fingerprint density at radius 3 is 2.78 bits per heavy atom. The van der Waals surface area contributed by atoms with Gasteiger partial charge < -0.3 is 14.8 Å². The maximum Gasteiger partial charge on any atom is 0.163 e. The van der Waals surface area contributed by atoms with Gasteiger partial charge in [-0.2, -0.15) is 5.10 Å². The summed E-state index contributed by atoms with van der Waals surface area (Å²) in [5.74, 6) is 2.55. The number of fused-ring (bicyclic) bond motifs is 2. The Morgan fingerprint density at radius 2 is 1.93 bits per heavy atom. The van der Waals surface area contributed by atoms with Crippen molar-refractivity contribution in [3.05, 3.63) is 36.3 Å². The lowest BCUT2D eigenvalue weighted by Gasteiger charge is -2.31. The van der Waals surface area contributed by atoms with E-state index in [1.165, 1.54) is 18.4 Å². The fourth-order valence-electron chi connectivity index (χ4n) is 4.35. The van der Waals surface area contributed by atoms with Crippen molar-refractivity contribution < 1.29 is 9.47 Å². The fraction of sp³-hybridized carbons (Fsp3) is 0.450. The molecular weight excluding hydrogens is 342 g/mol. The highest BCUT2D eigenvalue weighted by atomic mass is 16.6. The average Bonchev–Trinajstić information content (AvgIpc) is 3.34. The predicted molar refractivity (Wildman–Crippen MR) is 102 cm³/mol. The van der Waals surface area contributed by atoms with Crippen molar-refractivity contribution in [2.45, 2.75) is 31.1 Å². The molecule has 2 aliphatic rings. The van der Waals surface area contributed by atoms with E-state index in [9.17, 15) is 0 Å². The first-order chi connectivity index (χ1) is 13.3. The second-order valence-electron chi connectivity index (χ2n) is 7.43. The number of aromatic nitrogens is 4. The molecule has 7 heteroatoms. The van der Waals surface area contributed by atoms with Crippen LogP contribution in [0, 0.1) is 0 Å². The quantitative estimate of drug-likeness (QED) is 0.766. The minimum Gasteiger partial charge on any atom is -0.486 e. The standard InChI is InChI=1S/C20H23N5O2/c1-25-19-15(11-24-25)18(22-13-23-19)21-12-20(6-2-3-7-20)14-4-5-16-17(10-14)27-9-8-26-16/h4-5,10-11,13H,2-3,6-9,12H2,1H3,(H,21,22,23). The minimum absolute atomic E-state index is 0.0787. The summed E-state index contributed by atoms with van der Waals surface area (Å²) in [6.07, 6.45) is 8.20. The monoisotopic (exact) mass is 365 g/mol. The average molecular weight is 365 g/mol. The molecule has 7 nitrogen and oxygen atoms in total. The van der Waals surface area contributed by atoms with E-state index >= 15 is 0 Å². The molecule has 0 radical (unpaired) electrons. The van der Waals surface area contributed by atoms with E-state index in [1.807, 2.05) is 19.3 Å². The third-order valence-corrected chi connectivity index (χ3v) is 5.84. The summed E-state index contributed by atoms with van der Waals surface area (Å²) in [4.78, 5) is 8.78. The summed E-state index contributed by atoms with van der Waals surface area (Å²) in [6, 6.07) is 6.41. The lowest BCUT2D eigenvalue weighted by molar-refractivity contribution is 0.171. The van der Waals surface area contributed by atoms with Gasteiger partial charge in [0.2, 0.25) is 0 Å². The normalized spacial score (nSPS) is 18.0. The number of nitrogens with one attached hydrogen (secondary N) is 1. The fourth-order valence-corrected chi connectivity index (χ4v) is 4.35. The molecule has 140 valence electrons. The van der Waals surface area contributed by atoms with Crippen LogP contribution in [0.15, 0.2) is 30.7 Å². The molecule has 1 aliphatic heterocycles. The zero-order valence-corrected chi connectivity index (χ0v) is 15.4. The van der Waals surface area contributed by atoms with Gasteiger partial charge in [-0.1, -0.05) is 18.9 Å². The van der Waals surface area contributed by atoms with E-state index < -0.39 is 0 Å². The topological polar surface area (TPSA) is 74.1 Å². The molecule has 1 fully saturated rings. The Morgan fingerprint density at radius 1 is 1.11 bits per heavy atom. The van der Waals surface area contributed by atoms with E-state index in [0.29, 0.717) is 13.2 Å². The first-order valence-electron chi connectivity index (χ1n) is 9.52. The summed E-state index contributed by atoms with van der Waals surface area (Å²) < 4.78 is 13.3. The molecule has 0 saturated heterocycles. The number of hydrogen-bond acceptors (Lipinski definition) is 6. The molecule has 3 aromatic rings. The molecule has 0 unspecified atom stereocenters. The summed E-state index contributed by atoms with van der Waals surface area (Å²) in [7, 11) is 1.90. The molecule has 1 saturated carbocycles. The number of nitrogens with zero attached hydrogens (tertiary/aromatic N) is 4. The van der Waals surface area contributed by atoms with Gasteiger partial charge >= 0.3 is 0 Å². The molecule has 1 N–H and O–H groups in total. The van der Waals surface area contributed by atoms with Crippen molar-refractivity contribution in [3.8, 4) is 11.5 Å². The highest BCUT2D eigenvalue weighted by Crippen LogP contribution is 2.44. The Balaban J connectivity index is 1.45. The zero-order valence-electron chi connectivity index (χ0n) is 15.4. The molecular formula is C20H23N5O2. The molecule has 0 bridgehead atoms. The molecule has 2 aromatic heterocycles. The van der Waals surface area contributed by atoms with Gasteiger partial charge in [0.05, 0.1) is 11.6 Å². The van der Waals surface area contributed by atoms with Crippen LogP contribution >= 0.6 is 0 Å². The van der Waals surface area contributed by atoms with Gasteiger partial charge in [0.15, 0.2) is 17.1 Å². The summed E-state index contributed by atoms with van der Waals surface area (Å²) in [6.45, 7) is 2.06. The molecule has 1 aliphatic carbocycles. The maximum atomic E-state index is 5.81. The first-order valence-corrected chi connectivity index (χ1v) is 9.52. The van der Waals surface area contributed by atoms with E-state index in [4.69, 9.17) is 9.47 Å². The molecule has 3 heterocycles. The van der Waals surface area contributed by atoms with Crippen LogP contribution in [0.1, 0.15) is 31.2 Å². The van der Waals surface area contributed by atoms with E-state index in [0.717, 1.165) is 47.7 Å². The van der Waals surface area contributed by atoms with Crippen LogP contribution < -0.4 is 14.8 Å². The number of ether oxygens (including phenoxy) is 2. The Bertz CT molecular complexity index is 978. The molecule has 0 atom stereocenters. The molecule has 0 amide bonds. The maximum absolute atomic E-state index is 5.81. The van der Waals surface area contributed by atoms with Crippen molar-refractivity contribution in [2.24, 2.45) is 7.05 Å². The van der Waals surface area contributed by atoms with Crippen LogP contribution in [-0.4, -0.2) is 39.5 Å². The predicted octanol–water partition coefficient (Wildman–Crippen LogP) is 3.06. The van der Waals surface area contributed by atoms with E-state index in [1.54, 1.807) is 11.0 Å². The number of benzene rings is 1. The second-order valence-corrected chi connectivity index (χ2v) is 7.43. The van der Waals surface area contributed by atoms with Gasteiger partial charge in [0.25, 0.3) is 0 Å². The second kappa shape index (κ2) is 6.40. The summed E-state index contributed by atoms with van der Waals surface area (Å²) in [5, 5.41) is 8.84. The van der Waals surface area contributed by atoms with Gasteiger partial charge in [0, 0.05) is 19.0 Å². The first kappa shape index (κ1) is 16.4. The summed E-state index contributed by atoms with van der Waals surface area (Å²) >= 11 is 0. The van der Waals surface area contributed by atoms with Gasteiger partial charge in [-0.05, 0) is 30.5 Å². The third-order valence-electron chi connectivity index (χ3n) is 5.84. The summed E-state index contributed by atoms with van der Waals surface area (Å²) in [5.41, 5.74) is 2.23. The Kier molecular flexibility index (Phi) is 3.88. The lowest BCUT2D eigenvalue weighted by Crippen LogP contribution is -2.32. The molecule has 5 rings (SSSR count). The van der Waals surface area contributed by atoms with Crippen molar-refractivity contribution in [2.75, 3.05) is 25.1 Å². The largest absolute Gasteiger partial charge is 0.486 e. The Hall–Kier alpha value is -2.83. The van der Waals surface area contributed by atoms with E-state index in [-0.39, 0.29) is 5.41 Å². The van der Waals surface area contributed by atoms with Crippen LogP contribution in [0.2, 0.25) is 0 Å². The lowest BCUT2D eigenvalue weighted by atomic mass is 9.78. The van der Waals surface area contributed by atoms with Gasteiger partial charge in [-0.25, -0.2) is 9.97 Å². The van der Waals surface area contributed by atoms with Crippen LogP contribution in [-0.2, 0) is 12.5 Å². The number of rotatable bonds is 4. The SMILES string of the molecule is Cn1ncc2c(NCC3(c4ccc5c(c4)OCCO5)CCCC3)ncnc21. The van der Waals surface area contributed by atoms with Crippen molar-refractivity contribution in [1.29, 1.82) is 0 Å².